The molecule has 12 nitrogen and oxygen atoms in total. The standard InChI is InChI=1S/C17H12BrFN6O6/c18-12-7-9(1-6-13(12)19)20-16(22-27)15-17(24-31-23-15)21-14(26)8-30-11-4-2-10(3-5-11)25(28)29/h1-7,27H,8H2,(H,20,22)(H,21,24,26). The van der Waals surface area contributed by atoms with Crippen molar-refractivity contribution in [2.24, 2.45) is 4.99 Å². The highest BCUT2D eigenvalue weighted by Gasteiger charge is 2.19. The van der Waals surface area contributed by atoms with E-state index in [0.29, 0.717) is 0 Å². The van der Waals surface area contributed by atoms with E-state index in [1.165, 1.54) is 36.4 Å². The Bertz CT molecular complexity index is 1140. The summed E-state index contributed by atoms with van der Waals surface area (Å²) in [5.74, 6) is -1.32. The van der Waals surface area contributed by atoms with Crippen molar-refractivity contribution in [1.82, 2.24) is 15.8 Å². The number of carbonyl (C=O) groups is 1. The van der Waals surface area contributed by atoms with Crippen molar-refractivity contribution in [3.8, 4) is 5.75 Å². The first-order valence-corrected chi connectivity index (χ1v) is 9.10. The van der Waals surface area contributed by atoms with Gasteiger partial charge in [0.25, 0.3) is 11.6 Å². The maximum atomic E-state index is 13.4. The zero-order valence-corrected chi connectivity index (χ0v) is 16.9. The molecule has 0 aliphatic heterocycles. The van der Waals surface area contributed by atoms with E-state index in [1.54, 1.807) is 0 Å². The van der Waals surface area contributed by atoms with Gasteiger partial charge in [-0.25, -0.2) is 14.0 Å². The Morgan fingerprint density at radius 1 is 1.29 bits per heavy atom. The summed E-state index contributed by atoms with van der Waals surface area (Å²) in [5.41, 5.74) is 1.82. The zero-order valence-electron chi connectivity index (χ0n) is 15.3. The first-order chi connectivity index (χ1) is 14.9. The van der Waals surface area contributed by atoms with Gasteiger partial charge in [-0.3, -0.25) is 25.6 Å². The Kier molecular flexibility index (Phi) is 6.84. The molecule has 0 fully saturated rings. The highest BCUT2D eigenvalue weighted by atomic mass is 79.9. The summed E-state index contributed by atoms with van der Waals surface area (Å²) in [5, 5.41) is 29.5. The summed E-state index contributed by atoms with van der Waals surface area (Å²) in [7, 11) is 0. The topological polar surface area (TPSA) is 165 Å². The van der Waals surface area contributed by atoms with Gasteiger partial charge in [0.05, 0.1) is 15.1 Å². The lowest BCUT2D eigenvalue weighted by atomic mass is 10.3. The van der Waals surface area contributed by atoms with Crippen LogP contribution in [0.2, 0.25) is 0 Å². The molecule has 0 aliphatic carbocycles. The smallest absolute Gasteiger partial charge is 0.269 e. The summed E-state index contributed by atoms with van der Waals surface area (Å²) in [6.45, 7) is -0.450. The summed E-state index contributed by atoms with van der Waals surface area (Å²) < 4.78 is 23.4. The molecule has 0 spiro atoms. The van der Waals surface area contributed by atoms with E-state index in [1.807, 2.05) is 5.48 Å². The molecule has 31 heavy (non-hydrogen) atoms. The van der Waals surface area contributed by atoms with Crippen LogP contribution in [-0.2, 0) is 4.79 Å². The first kappa shape index (κ1) is 21.8. The number of benzene rings is 2. The molecule has 0 atom stereocenters. The lowest BCUT2D eigenvalue weighted by Crippen LogP contribution is -2.25. The number of halogens is 2. The average Bonchev–Trinajstić information content (AvgIpc) is 3.21. The van der Waals surface area contributed by atoms with E-state index in [0.717, 1.165) is 6.07 Å². The van der Waals surface area contributed by atoms with E-state index in [-0.39, 0.29) is 38.9 Å². The SMILES string of the molecule is O=C(COc1ccc([N+](=O)[O-])cc1)Nc1nonc1C(=Nc1ccc(F)c(Br)c1)NO. The molecule has 1 amide bonds. The molecule has 3 aromatic rings. The van der Waals surface area contributed by atoms with Gasteiger partial charge in [0, 0.05) is 12.1 Å². The van der Waals surface area contributed by atoms with Crippen LogP contribution in [0.5, 0.6) is 5.75 Å². The highest BCUT2D eigenvalue weighted by molar-refractivity contribution is 9.10. The number of hydrogen-bond donors (Lipinski definition) is 3. The van der Waals surface area contributed by atoms with Crippen LogP contribution >= 0.6 is 15.9 Å². The summed E-state index contributed by atoms with van der Waals surface area (Å²) >= 11 is 3.02. The van der Waals surface area contributed by atoms with Gasteiger partial charge in [0.15, 0.2) is 18.1 Å². The number of amidine groups is 1. The lowest BCUT2D eigenvalue weighted by molar-refractivity contribution is -0.384. The van der Waals surface area contributed by atoms with Crippen molar-refractivity contribution in [2.45, 2.75) is 0 Å². The quantitative estimate of drug-likeness (QED) is 0.193. The maximum absolute atomic E-state index is 13.4. The number of hydrogen-bond acceptors (Lipinski definition) is 9. The Morgan fingerprint density at radius 3 is 2.68 bits per heavy atom. The number of ether oxygens (including phenoxy) is 1. The molecular weight excluding hydrogens is 483 g/mol. The van der Waals surface area contributed by atoms with Crippen molar-refractivity contribution >= 4 is 44.9 Å². The van der Waals surface area contributed by atoms with Gasteiger partial charge in [0.2, 0.25) is 5.82 Å². The number of nitro benzene ring substituents is 1. The second kappa shape index (κ2) is 9.73. The molecule has 2 aromatic carbocycles. The Labute approximate surface area is 180 Å². The molecule has 1 aromatic heterocycles. The second-order valence-electron chi connectivity index (χ2n) is 5.72. The number of aliphatic imine (C=N–C) groups is 1. The van der Waals surface area contributed by atoms with E-state index in [9.17, 15) is 24.5 Å². The van der Waals surface area contributed by atoms with E-state index in [4.69, 9.17) is 4.74 Å². The number of nitrogens with one attached hydrogen (secondary N) is 2. The molecule has 14 heteroatoms. The number of aromatic nitrogens is 2. The van der Waals surface area contributed by atoms with Crippen LogP contribution in [0.3, 0.4) is 0 Å². The largest absolute Gasteiger partial charge is 0.484 e. The van der Waals surface area contributed by atoms with Crippen LogP contribution in [-0.4, -0.2) is 38.8 Å². The third-order valence-corrected chi connectivity index (χ3v) is 4.25. The third kappa shape index (κ3) is 5.58. The number of carbonyl (C=O) groups excluding carboxylic acids is 1. The Hall–Kier alpha value is -3.91. The van der Waals surface area contributed by atoms with Crippen LogP contribution in [0, 0.1) is 15.9 Å². The number of rotatable bonds is 7. The summed E-state index contributed by atoms with van der Waals surface area (Å²) in [4.78, 5) is 26.3. The van der Waals surface area contributed by atoms with Crippen molar-refractivity contribution in [1.29, 1.82) is 0 Å². The minimum absolute atomic E-state index is 0.119. The predicted octanol–water partition coefficient (Wildman–Crippen LogP) is 2.95. The zero-order chi connectivity index (χ0) is 22.4. The van der Waals surface area contributed by atoms with Gasteiger partial charge in [-0.2, -0.15) is 0 Å². The number of hydroxylamine groups is 1. The molecule has 0 saturated carbocycles. The number of anilines is 1. The van der Waals surface area contributed by atoms with Gasteiger partial charge < -0.3 is 10.1 Å². The summed E-state index contributed by atoms with van der Waals surface area (Å²) in [6.07, 6.45) is 0. The fourth-order valence-electron chi connectivity index (χ4n) is 2.22. The fraction of sp³-hybridized carbons (Fsp3) is 0.0588. The Balaban J connectivity index is 1.68. The maximum Gasteiger partial charge on any atom is 0.269 e. The van der Waals surface area contributed by atoms with E-state index in [2.05, 4.69) is 41.2 Å². The van der Waals surface area contributed by atoms with Gasteiger partial charge in [-0.1, -0.05) is 0 Å². The second-order valence-corrected chi connectivity index (χ2v) is 6.57. The van der Waals surface area contributed by atoms with Crippen LogP contribution in [0.4, 0.5) is 21.6 Å². The number of non-ortho nitro benzene ring substituents is 1. The highest BCUT2D eigenvalue weighted by Crippen LogP contribution is 2.23. The minimum Gasteiger partial charge on any atom is -0.484 e. The first-order valence-electron chi connectivity index (χ1n) is 8.31. The molecule has 3 rings (SSSR count). The molecule has 160 valence electrons. The minimum atomic E-state index is -0.655. The third-order valence-electron chi connectivity index (χ3n) is 3.64. The molecular formula is C17H12BrFN6O6. The number of amides is 1. The van der Waals surface area contributed by atoms with E-state index >= 15 is 0 Å². The average molecular weight is 495 g/mol. The molecule has 0 aliphatic rings. The molecule has 0 bridgehead atoms. The monoisotopic (exact) mass is 494 g/mol. The fourth-order valence-corrected chi connectivity index (χ4v) is 2.59. The van der Waals surface area contributed by atoms with Crippen LogP contribution in [0.1, 0.15) is 5.69 Å². The molecule has 0 saturated heterocycles. The van der Waals surface area contributed by atoms with E-state index < -0.39 is 23.3 Å². The van der Waals surface area contributed by atoms with Crippen molar-refractivity contribution in [2.75, 3.05) is 11.9 Å². The van der Waals surface area contributed by atoms with Crippen molar-refractivity contribution in [3.63, 3.8) is 0 Å². The normalized spacial score (nSPS) is 11.1. The van der Waals surface area contributed by atoms with Gasteiger partial charge in [-0.15, -0.1) is 0 Å². The lowest BCUT2D eigenvalue weighted by Gasteiger charge is -2.07. The molecule has 3 N–H and O–H groups in total. The molecule has 0 radical (unpaired) electrons. The van der Waals surface area contributed by atoms with Gasteiger partial charge in [0.1, 0.15) is 11.6 Å². The van der Waals surface area contributed by atoms with Crippen LogP contribution in [0.25, 0.3) is 0 Å². The van der Waals surface area contributed by atoms with Crippen LogP contribution < -0.4 is 15.5 Å². The number of nitro groups is 1. The van der Waals surface area contributed by atoms with Crippen molar-refractivity contribution < 1.29 is 28.7 Å². The Morgan fingerprint density at radius 2 is 2.03 bits per heavy atom. The molecule has 0 unspecified atom stereocenters. The number of nitrogens with zero attached hydrogens (tertiary/aromatic N) is 4. The van der Waals surface area contributed by atoms with Gasteiger partial charge >= 0.3 is 0 Å². The van der Waals surface area contributed by atoms with Crippen molar-refractivity contribution in [3.05, 3.63) is 68.6 Å². The summed E-state index contributed by atoms with van der Waals surface area (Å²) in [6, 6.07) is 9.02. The molecule has 1 heterocycles. The predicted molar refractivity (Wildman–Crippen MR) is 107 cm³/mol. The van der Waals surface area contributed by atoms with Gasteiger partial charge in [-0.05, 0) is 56.6 Å². The van der Waals surface area contributed by atoms with Crippen LogP contribution in [0.15, 0.2) is 56.6 Å².